The van der Waals surface area contributed by atoms with Gasteiger partial charge in [-0.05, 0) is 29.2 Å². The van der Waals surface area contributed by atoms with Crippen molar-refractivity contribution in [2.45, 2.75) is 26.2 Å². The summed E-state index contributed by atoms with van der Waals surface area (Å²) in [5.74, 6) is 0.111. The fourth-order valence-electron chi connectivity index (χ4n) is 2.47. The molecule has 5 heteroatoms. The Labute approximate surface area is 148 Å². The summed E-state index contributed by atoms with van der Waals surface area (Å²) in [7, 11) is 1.55. The van der Waals surface area contributed by atoms with Gasteiger partial charge in [0.25, 0.3) is 11.8 Å². The van der Waals surface area contributed by atoms with Gasteiger partial charge in [0.1, 0.15) is 5.75 Å². The van der Waals surface area contributed by atoms with Crippen molar-refractivity contribution in [3.63, 3.8) is 0 Å². The predicted octanol–water partition coefficient (Wildman–Crippen LogP) is 3.36. The van der Waals surface area contributed by atoms with Crippen LogP contribution in [0.4, 0.5) is 5.69 Å². The SMILES string of the molecule is CNC(=O)c1ccccc1NC(=O)COc1ccccc1C(C)(C)C. The molecule has 132 valence electrons. The Hall–Kier alpha value is -2.82. The molecule has 2 aromatic carbocycles. The molecule has 0 radical (unpaired) electrons. The molecular formula is C20H24N2O3. The van der Waals surface area contributed by atoms with Crippen molar-refractivity contribution >= 4 is 17.5 Å². The number of hydrogen-bond acceptors (Lipinski definition) is 3. The number of nitrogens with one attached hydrogen (secondary N) is 2. The Morgan fingerprint density at radius 1 is 1.00 bits per heavy atom. The molecule has 2 aromatic rings. The fourth-order valence-corrected chi connectivity index (χ4v) is 2.47. The minimum atomic E-state index is -0.319. The average Bonchev–Trinajstić information content (AvgIpc) is 2.59. The summed E-state index contributed by atoms with van der Waals surface area (Å²) < 4.78 is 5.71. The summed E-state index contributed by atoms with van der Waals surface area (Å²) in [4.78, 5) is 24.1. The summed E-state index contributed by atoms with van der Waals surface area (Å²) in [5, 5.41) is 5.28. The van der Waals surface area contributed by atoms with Crippen molar-refractivity contribution in [2.24, 2.45) is 0 Å². The summed E-state index contributed by atoms with van der Waals surface area (Å²) in [5.41, 5.74) is 1.82. The van der Waals surface area contributed by atoms with Crippen LogP contribution in [0.2, 0.25) is 0 Å². The van der Waals surface area contributed by atoms with Crippen LogP contribution >= 0.6 is 0 Å². The highest BCUT2D eigenvalue weighted by molar-refractivity contribution is 6.03. The molecular weight excluding hydrogens is 316 g/mol. The van der Waals surface area contributed by atoms with E-state index in [0.29, 0.717) is 17.0 Å². The zero-order valence-electron chi connectivity index (χ0n) is 15.1. The summed E-state index contributed by atoms with van der Waals surface area (Å²) >= 11 is 0. The Morgan fingerprint density at radius 3 is 2.32 bits per heavy atom. The van der Waals surface area contributed by atoms with E-state index in [9.17, 15) is 9.59 Å². The van der Waals surface area contributed by atoms with Crippen LogP contribution in [0.15, 0.2) is 48.5 Å². The van der Waals surface area contributed by atoms with Gasteiger partial charge in [0.2, 0.25) is 0 Å². The van der Waals surface area contributed by atoms with Crippen LogP contribution in [-0.2, 0) is 10.2 Å². The van der Waals surface area contributed by atoms with Crippen LogP contribution in [-0.4, -0.2) is 25.5 Å². The first-order chi connectivity index (χ1) is 11.8. The quantitative estimate of drug-likeness (QED) is 0.877. The highest BCUT2D eigenvalue weighted by atomic mass is 16.5. The van der Waals surface area contributed by atoms with E-state index in [1.54, 1.807) is 31.3 Å². The van der Waals surface area contributed by atoms with Gasteiger partial charge in [-0.2, -0.15) is 0 Å². The van der Waals surface area contributed by atoms with Crippen molar-refractivity contribution in [2.75, 3.05) is 19.0 Å². The first kappa shape index (κ1) is 18.5. The number of hydrogen-bond donors (Lipinski definition) is 2. The molecule has 0 heterocycles. The molecule has 0 atom stereocenters. The number of anilines is 1. The van der Waals surface area contributed by atoms with Crippen LogP contribution in [0, 0.1) is 0 Å². The summed E-state index contributed by atoms with van der Waals surface area (Å²) in [6.07, 6.45) is 0. The van der Waals surface area contributed by atoms with Crippen molar-refractivity contribution < 1.29 is 14.3 Å². The zero-order valence-corrected chi connectivity index (χ0v) is 15.1. The third-order valence-electron chi connectivity index (χ3n) is 3.73. The lowest BCUT2D eigenvalue weighted by molar-refractivity contribution is -0.118. The number of carbonyl (C=O) groups is 2. The second kappa shape index (κ2) is 7.83. The number of para-hydroxylation sites is 2. The lowest BCUT2D eigenvalue weighted by Gasteiger charge is -2.22. The van der Waals surface area contributed by atoms with Gasteiger partial charge >= 0.3 is 0 Å². The van der Waals surface area contributed by atoms with Crippen molar-refractivity contribution in [1.82, 2.24) is 5.32 Å². The van der Waals surface area contributed by atoms with Crippen molar-refractivity contribution in [3.05, 3.63) is 59.7 Å². The van der Waals surface area contributed by atoms with Gasteiger partial charge in [0.15, 0.2) is 6.61 Å². The molecule has 0 aliphatic heterocycles. The molecule has 0 aliphatic rings. The van der Waals surface area contributed by atoms with E-state index in [-0.39, 0.29) is 23.8 Å². The van der Waals surface area contributed by atoms with Gasteiger partial charge in [0, 0.05) is 7.05 Å². The van der Waals surface area contributed by atoms with E-state index >= 15 is 0 Å². The van der Waals surface area contributed by atoms with E-state index in [1.165, 1.54) is 0 Å². The molecule has 2 amide bonds. The van der Waals surface area contributed by atoms with Crippen LogP contribution in [0.5, 0.6) is 5.75 Å². The molecule has 0 fully saturated rings. The van der Waals surface area contributed by atoms with Gasteiger partial charge in [-0.15, -0.1) is 0 Å². The molecule has 0 aromatic heterocycles. The first-order valence-corrected chi connectivity index (χ1v) is 8.16. The van der Waals surface area contributed by atoms with Gasteiger partial charge < -0.3 is 15.4 Å². The first-order valence-electron chi connectivity index (χ1n) is 8.16. The van der Waals surface area contributed by atoms with Crippen molar-refractivity contribution in [1.29, 1.82) is 0 Å². The van der Waals surface area contributed by atoms with E-state index in [2.05, 4.69) is 31.4 Å². The van der Waals surface area contributed by atoms with Crippen LogP contribution < -0.4 is 15.4 Å². The lowest BCUT2D eigenvalue weighted by Crippen LogP contribution is -2.25. The van der Waals surface area contributed by atoms with Gasteiger partial charge in [0.05, 0.1) is 11.3 Å². The van der Waals surface area contributed by atoms with Crippen LogP contribution in [0.25, 0.3) is 0 Å². The number of ether oxygens (including phenoxy) is 1. The summed E-state index contributed by atoms with van der Waals surface area (Å²) in [6.45, 7) is 6.15. The molecule has 0 saturated heterocycles. The molecule has 2 N–H and O–H groups in total. The van der Waals surface area contributed by atoms with Crippen LogP contribution in [0.3, 0.4) is 0 Å². The number of benzene rings is 2. The fraction of sp³-hybridized carbons (Fsp3) is 0.300. The standard InChI is InChI=1S/C20H24N2O3/c1-20(2,3)15-10-6-8-12-17(15)25-13-18(23)22-16-11-7-5-9-14(16)19(24)21-4/h5-12H,13H2,1-4H3,(H,21,24)(H,22,23). The molecule has 2 rings (SSSR count). The van der Waals surface area contributed by atoms with E-state index in [0.717, 1.165) is 5.56 Å². The molecule has 0 spiro atoms. The molecule has 0 saturated carbocycles. The smallest absolute Gasteiger partial charge is 0.262 e. The lowest BCUT2D eigenvalue weighted by atomic mass is 9.86. The number of amides is 2. The van der Waals surface area contributed by atoms with Gasteiger partial charge in [-0.1, -0.05) is 51.1 Å². The highest BCUT2D eigenvalue weighted by Gasteiger charge is 2.19. The molecule has 0 unspecified atom stereocenters. The Morgan fingerprint density at radius 2 is 1.64 bits per heavy atom. The minimum Gasteiger partial charge on any atom is -0.483 e. The number of carbonyl (C=O) groups excluding carboxylic acids is 2. The van der Waals surface area contributed by atoms with Gasteiger partial charge in [-0.3, -0.25) is 9.59 Å². The normalized spacial score (nSPS) is 10.9. The monoisotopic (exact) mass is 340 g/mol. The third-order valence-corrected chi connectivity index (χ3v) is 3.73. The maximum Gasteiger partial charge on any atom is 0.262 e. The van der Waals surface area contributed by atoms with E-state index < -0.39 is 0 Å². The Bertz CT molecular complexity index is 764. The molecule has 0 aliphatic carbocycles. The number of rotatable bonds is 5. The minimum absolute atomic E-state index is 0.0844. The summed E-state index contributed by atoms with van der Waals surface area (Å²) in [6, 6.07) is 14.5. The maximum atomic E-state index is 12.2. The predicted molar refractivity (Wildman–Crippen MR) is 99.1 cm³/mol. The molecule has 0 bridgehead atoms. The molecule has 5 nitrogen and oxygen atoms in total. The second-order valence-corrected chi connectivity index (χ2v) is 6.71. The molecule has 25 heavy (non-hydrogen) atoms. The highest BCUT2D eigenvalue weighted by Crippen LogP contribution is 2.30. The van der Waals surface area contributed by atoms with E-state index in [4.69, 9.17) is 4.74 Å². The van der Waals surface area contributed by atoms with Crippen molar-refractivity contribution in [3.8, 4) is 5.75 Å². The zero-order chi connectivity index (χ0) is 18.4. The Kier molecular flexibility index (Phi) is 5.80. The topological polar surface area (TPSA) is 67.4 Å². The second-order valence-electron chi connectivity index (χ2n) is 6.71. The third kappa shape index (κ3) is 4.83. The van der Waals surface area contributed by atoms with E-state index in [1.807, 2.05) is 24.3 Å². The maximum absolute atomic E-state index is 12.2. The Balaban J connectivity index is 2.07. The van der Waals surface area contributed by atoms with Gasteiger partial charge in [-0.25, -0.2) is 0 Å². The largest absolute Gasteiger partial charge is 0.483 e. The average molecular weight is 340 g/mol. The van der Waals surface area contributed by atoms with Crippen LogP contribution in [0.1, 0.15) is 36.7 Å².